The van der Waals surface area contributed by atoms with E-state index in [0.717, 1.165) is 47.1 Å². The lowest BCUT2D eigenvalue weighted by atomic mass is 9.48. The zero-order valence-corrected chi connectivity index (χ0v) is 22.5. The number of amidine groups is 1. The van der Waals surface area contributed by atoms with Crippen molar-refractivity contribution < 1.29 is 14.3 Å². The number of benzene rings is 3. The van der Waals surface area contributed by atoms with Crippen molar-refractivity contribution in [2.75, 3.05) is 0 Å². The standard InChI is InChI=1S/C33H31FN2O2S/c34-28-15-26(14-27(30(28)37)33-16-22-9-23(17-33)11-24(10-22)18-33)25-8-4-7-21(12-25)13-29-31(38)36-32(39-29)35-19-20-5-2-1-3-6-20/h1-8,12-15,22-24,37H,9-11,16-19H2,(H,35,36,38)/b29-13-. The van der Waals surface area contributed by atoms with Crippen LogP contribution in [-0.2, 0) is 16.8 Å². The summed E-state index contributed by atoms with van der Waals surface area (Å²) >= 11 is 1.33. The molecule has 0 atom stereocenters. The molecule has 0 unspecified atom stereocenters. The Morgan fingerprint density at radius 3 is 2.38 bits per heavy atom. The SMILES string of the molecule is O=C1NC(=NCc2ccccc2)S/C1=C\c1cccc(-c2cc(F)c(O)c(C34CC5CC(CC(C5)C3)C4)c2)c1. The molecule has 198 valence electrons. The number of amides is 1. The van der Waals surface area contributed by atoms with Crippen LogP contribution in [0.1, 0.15) is 55.2 Å². The topological polar surface area (TPSA) is 61.7 Å². The molecule has 1 heterocycles. The van der Waals surface area contributed by atoms with Crippen LogP contribution < -0.4 is 5.32 Å². The Balaban J connectivity index is 1.16. The molecule has 39 heavy (non-hydrogen) atoms. The highest BCUT2D eigenvalue weighted by atomic mass is 32.2. The van der Waals surface area contributed by atoms with Gasteiger partial charge in [-0.2, -0.15) is 0 Å². The van der Waals surface area contributed by atoms with Crippen molar-refractivity contribution in [1.82, 2.24) is 5.32 Å². The van der Waals surface area contributed by atoms with Gasteiger partial charge in [-0.05, 0) is 120 Å². The highest BCUT2D eigenvalue weighted by Crippen LogP contribution is 2.62. The predicted molar refractivity (Wildman–Crippen MR) is 155 cm³/mol. The maximum absolute atomic E-state index is 15.2. The summed E-state index contributed by atoms with van der Waals surface area (Å²) in [6.07, 6.45) is 8.91. The molecule has 4 saturated carbocycles. The van der Waals surface area contributed by atoms with Crippen LogP contribution >= 0.6 is 11.8 Å². The number of carbonyl (C=O) groups is 1. The number of phenolic OH excluding ortho intramolecular Hbond substituents is 1. The zero-order valence-electron chi connectivity index (χ0n) is 21.7. The van der Waals surface area contributed by atoms with Gasteiger partial charge in [0.05, 0.1) is 11.4 Å². The molecule has 3 aromatic rings. The second-order valence-electron chi connectivity index (χ2n) is 11.8. The molecule has 4 nitrogen and oxygen atoms in total. The highest BCUT2D eigenvalue weighted by Gasteiger charge is 2.52. The first-order valence-electron chi connectivity index (χ1n) is 13.9. The van der Waals surface area contributed by atoms with Gasteiger partial charge in [-0.3, -0.25) is 9.79 Å². The number of aliphatic imine (C=N–C) groups is 1. The van der Waals surface area contributed by atoms with Crippen molar-refractivity contribution in [2.45, 2.75) is 50.5 Å². The van der Waals surface area contributed by atoms with Crippen LogP contribution in [0, 0.1) is 23.6 Å². The first-order chi connectivity index (χ1) is 18.9. The van der Waals surface area contributed by atoms with Gasteiger partial charge in [0, 0.05) is 5.56 Å². The minimum atomic E-state index is -0.549. The summed E-state index contributed by atoms with van der Waals surface area (Å²) in [5, 5.41) is 14.3. The molecular weight excluding hydrogens is 507 g/mol. The van der Waals surface area contributed by atoms with E-state index in [0.29, 0.717) is 34.4 Å². The van der Waals surface area contributed by atoms with E-state index in [1.54, 1.807) is 0 Å². The first-order valence-corrected chi connectivity index (χ1v) is 14.7. The van der Waals surface area contributed by atoms with Crippen LogP contribution in [0.3, 0.4) is 0 Å². The van der Waals surface area contributed by atoms with Crippen molar-refractivity contribution in [3.8, 4) is 16.9 Å². The number of hydrogen-bond donors (Lipinski definition) is 2. The van der Waals surface area contributed by atoms with Gasteiger partial charge in [0.2, 0.25) is 0 Å². The van der Waals surface area contributed by atoms with Crippen molar-refractivity contribution in [3.63, 3.8) is 0 Å². The Kier molecular flexibility index (Phi) is 6.11. The normalized spacial score (nSPS) is 29.4. The van der Waals surface area contributed by atoms with Gasteiger partial charge in [-0.1, -0.05) is 48.5 Å². The van der Waals surface area contributed by atoms with Gasteiger partial charge < -0.3 is 10.4 Å². The third-order valence-corrected chi connectivity index (χ3v) is 10.0. The summed E-state index contributed by atoms with van der Waals surface area (Å²) < 4.78 is 15.2. The Hall–Kier alpha value is -3.38. The fourth-order valence-electron chi connectivity index (χ4n) is 7.82. The monoisotopic (exact) mass is 538 g/mol. The Labute approximate surface area is 232 Å². The Morgan fingerprint density at radius 1 is 0.949 bits per heavy atom. The Bertz CT molecular complexity index is 1480. The maximum Gasteiger partial charge on any atom is 0.264 e. The van der Waals surface area contributed by atoms with Gasteiger partial charge in [-0.15, -0.1) is 0 Å². The fraction of sp³-hybridized carbons (Fsp3) is 0.333. The van der Waals surface area contributed by atoms with Crippen LogP contribution in [0.15, 0.2) is 76.6 Å². The lowest BCUT2D eigenvalue weighted by Gasteiger charge is -2.57. The zero-order chi connectivity index (χ0) is 26.6. The van der Waals surface area contributed by atoms with E-state index >= 15 is 4.39 Å². The summed E-state index contributed by atoms with van der Waals surface area (Å²) in [5.41, 5.74) is 4.27. The number of hydrogen-bond acceptors (Lipinski definition) is 4. The second kappa shape index (κ2) is 9.67. The van der Waals surface area contributed by atoms with Gasteiger partial charge in [-0.25, -0.2) is 4.39 Å². The molecule has 0 spiro atoms. The minimum Gasteiger partial charge on any atom is -0.505 e. The molecule has 1 aliphatic heterocycles. The third-order valence-electron chi connectivity index (χ3n) is 9.09. The smallest absolute Gasteiger partial charge is 0.264 e. The highest BCUT2D eigenvalue weighted by molar-refractivity contribution is 8.18. The van der Waals surface area contributed by atoms with Crippen molar-refractivity contribution in [1.29, 1.82) is 0 Å². The number of nitrogens with one attached hydrogen (secondary N) is 1. The molecule has 4 aliphatic carbocycles. The van der Waals surface area contributed by atoms with Gasteiger partial charge in [0.1, 0.15) is 0 Å². The van der Waals surface area contributed by atoms with E-state index in [4.69, 9.17) is 0 Å². The van der Waals surface area contributed by atoms with Gasteiger partial charge in [0.25, 0.3) is 5.91 Å². The molecule has 5 aliphatic rings. The Morgan fingerprint density at radius 2 is 1.67 bits per heavy atom. The number of carbonyl (C=O) groups excluding carboxylic acids is 1. The van der Waals surface area contributed by atoms with Crippen LogP contribution in [0.2, 0.25) is 0 Å². The van der Waals surface area contributed by atoms with Crippen LogP contribution in [0.4, 0.5) is 4.39 Å². The van der Waals surface area contributed by atoms with E-state index in [9.17, 15) is 9.90 Å². The lowest BCUT2D eigenvalue weighted by molar-refractivity contribution is -0.115. The molecule has 1 amide bonds. The molecule has 8 rings (SSSR count). The molecule has 2 N–H and O–H groups in total. The van der Waals surface area contributed by atoms with E-state index in [-0.39, 0.29) is 17.1 Å². The molecular formula is C33H31FN2O2S. The molecule has 1 saturated heterocycles. The number of aromatic hydroxyl groups is 1. The summed E-state index contributed by atoms with van der Waals surface area (Å²) in [7, 11) is 0. The van der Waals surface area contributed by atoms with Gasteiger partial charge in [0.15, 0.2) is 16.7 Å². The first kappa shape index (κ1) is 24.6. The second-order valence-corrected chi connectivity index (χ2v) is 12.9. The molecule has 6 heteroatoms. The number of rotatable bonds is 5. The third kappa shape index (κ3) is 4.69. The lowest BCUT2D eigenvalue weighted by Crippen LogP contribution is -2.48. The van der Waals surface area contributed by atoms with Crippen molar-refractivity contribution in [2.24, 2.45) is 22.7 Å². The predicted octanol–water partition coefficient (Wildman–Crippen LogP) is 7.43. The summed E-state index contributed by atoms with van der Waals surface area (Å²) in [6, 6.07) is 21.2. The van der Waals surface area contributed by atoms with Gasteiger partial charge >= 0.3 is 0 Å². The maximum atomic E-state index is 15.2. The van der Waals surface area contributed by atoms with Crippen LogP contribution in [-0.4, -0.2) is 16.2 Å². The molecule has 5 fully saturated rings. The summed E-state index contributed by atoms with van der Waals surface area (Å²) in [6.45, 7) is 0.505. The number of halogens is 1. The average Bonchev–Trinajstić information content (AvgIpc) is 3.27. The average molecular weight is 539 g/mol. The van der Waals surface area contributed by atoms with Crippen LogP contribution in [0.5, 0.6) is 5.75 Å². The van der Waals surface area contributed by atoms with E-state index in [1.165, 1.54) is 37.1 Å². The van der Waals surface area contributed by atoms with E-state index < -0.39 is 5.82 Å². The minimum absolute atomic E-state index is 0.108. The molecule has 4 bridgehead atoms. The molecule has 3 aromatic carbocycles. The van der Waals surface area contributed by atoms with E-state index in [1.807, 2.05) is 66.7 Å². The van der Waals surface area contributed by atoms with Crippen LogP contribution in [0.25, 0.3) is 17.2 Å². The largest absolute Gasteiger partial charge is 0.505 e. The molecule has 0 radical (unpaired) electrons. The summed E-state index contributed by atoms with van der Waals surface area (Å²) in [4.78, 5) is 17.8. The van der Waals surface area contributed by atoms with Crippen molar-refractivity contribution >= 4 is 28.9 Å². The number of thioether (sulfide) groups is 1. The van der Waals surface area contributed by atoms with E-state index in [2.05, 4.69) is 10.3 Å². The summed E-state index contributed by atoms with van der Waals surface area (Å²) in [5.74, 6) is 1.22. The number of phenols is 1. The number of nitrogens with zero attached hydrogens (tertiary/aromatic N) is 1. The molecule has 0 aromatic heterocycles. The fourth-order valence-corrected chi connectivity index (χ4v) is 8.64. The van der Waals surface area contributed by atoms with Crippen molar-refractivity contribution in [3.05, 3.63) is 94.1 Å². The quantitative estimate of drug-likeness (QED) is 0.332.